The Bertz CT molecular complexity index is 626. The third kappa shape index (κ3) is 3.05. The van der Waals surface area contributed by atoms with Crippen molar-refractivity contribution < 1.29 is 4.79 Å². The minimum absolute atomic E-state index is 0.294. The van der Waals surface area contributed by atoms with Gasteiger partial charge in [0.2, 0.25) is 5.91 Å². The van der Waals surface area contributed by atoms with Crippen molar-refractivity contribution in [3.05, 3.63) is 58.2 Å². The van der Waals surface area contributed by atoms with Gasteiger partial charge in [0.25, 0.3) is 0 Å². The molecular weight excluding hydrogens is 318 g/mol. The first-order valence-electron chi connectivity index (χ1n) is 6.19. The summed E-state index contributed by atoms with van der Waals surface area (Å²) in [6.07, 6.45) is 1.65. The zero-order chi connectivity index (χ0) is 14.8. The van der Waals surface area contributed by atoms with E-state index in [0.29, 0.717) is 5.82 Å². The molecule has 1 aromatic heterocycles. The van der Waals surface area contributed by atoms with Gasteiger partial charge in [-0.15, -0.1) is 0 Å². The van der Waals surface area contributed by atoms with Gasteiger partial charge in [-0.3, -0.25) is 4.79 Å². The van der Waals surface area contributed by atoms with Crippen molar-refractivity contribution in [1.82, 2.24) is 4.98 Å². The quantitative estimate of drug-likeness (QED) is 0.907. The molecule has 4 nitrogen and oxygen atoms in total. The number of pyridine rings is 1. The van der Waals surface area contributed by atoms with Crippen LogP contribution in [0.4, 0.5) is 5.82 Å². The van der Waals surface area contributed by atoms with Crippen LogP contribution in [0.2, 0.25) is 0 Å². The van der Waals surface area contributed by atoms with E-state index in [1.54, 1.807) is 19.2 Å². The molecule has 20 heavy (non-hydrogen) atoms. The summed E-state index contributed by atoms with van der Waals surface area (Å²) < 4.78 is 0.897. The van der Waals surface area contributed by atoms with Crippen LogP contribution in [0.15, 0.2) is 47.1 Å². The number of aromatic nitrogens is 1. The monoisotopic (exact) mass is 333 g/mol. The van der Waals surface area contributed by atoms with Gasteiger partial charge < -0.3 is 11.1 Å². The molecule has 0 spiro atoms. The van der Waals surface area contributed by atoms with Crippen LogP contribution in [-0.4, -0.2) is 10.9 Å². The number of nitrogens with two attached hydrogens (primary N) is 1. The number of carbonyl (C=O) groups excluding carboxylic acids is 1. The Balaban J connectivity index is 2.21. The highest BCUT2D eigenvalue weighted by Crippen LogP contribution is 2.21. The van der Waals surface area contributed by atoms with E-state index in [2.05, 4.69) is 26.2 Å². The number of hydrogen-bond donors (Lipinski definition) is 2. The summed E-state index contributed by atoms with van der Waals surface area (Å²) in [4.78, 5) is 16.5. The number of aryl methyl sites for hydroxylation is 1. The molecule has 3 N–H and O–H groups in total. The summed E-state index contributed by atoms with van der Waals surface area (Å²) in [6, 6.07) is 11.1. The molecule has 1 atom stereocenters. The highest BCUT2D eigenvalue weighted by molar-refractivity contribution is 9.10. The van der Waals surface area contributed by atoms with E-state index in [4.69, 9.17) is 5.73 Å². The van der Waals surface area contributed by atoms with Gasteiger partial charge in [-0.1, -0.05) is 30.3 Å². The Morgan fingerprint density at radius 3 is 2.60 bits per heavy atom. The average Bonchev–Trinajstić information content (AvgIpc) is 2.44. The topological polar surface area (TPSA) is 68.0 Å². The van der Waals surface area contributed by atoms with Crippen molar-refractivity contribution in [3.8, 4) is 0 Å². The number of anilines is 1. The van der Waals surface area contributed by atoms with Crippen molar-refractivity contribution in [2.45, 2.75) is 19.4 Å². The number of nitrogens with zero attached hydrogens (tertiary/aromatic N) is 1. The van der Waals surface area contributed by atoms with E-state index >= 15 is 0 Å². The zero-order valence-electron chi connectivity index (χ0n) is 11.4. The number of carbonyl (C=O) groups is 1. The van der Waals surface area contributed by atoms with Crippen molar-refractivity contribution in [2.75, 3.05) is 5.32 Å². The Morgan fingerprint density at radius 1 is 1.35 bits per heavy atom. The number of hydrogen-bond acceptors (Lipinski definition) is 3. The third-order valence-electron chi connectivity index (χ3n) is 3.13. The standard InChI is InChI=1S/C15H16BrN3O/c1-10-8-13(18-9-12(10)16)19-14(20)15(2,17)11-6-4-3-5-7-11/h3-9H,17H2,1-2H3,(H,18,19,20). The van der Waals surface area contributed by atoms with Crippen LogP contribution >= 0.6 is 15.9 Å². The predicted octanol–water partition coefficient (Wildman–Crippen LogP) is 2.97. The maximum atomic E-state index is 12.3. The second kappa shape index (κ2) is 5.73. The first-order valence-corrected chi connectivity index (χ1v) is 6.98. The molecule has 5 heteroatoms. The van der Waals surface area contributed by atoms with Gasteiger partial charge in [0.1, 0.15) is 11.4 Å². The van der Waals surface area contributed by atoms with Crippen LogP contribution in [0, 0.1) is 6.92 Å². The van der Waals surface area contributed by atoms with Gasteiger partial charge in [0.05, 0.1) is 0 Å². The molecule has 0 radical (unpaired) electrons. The van der Waals surface area contributed by atoms with Crippen molar-refractivity contribution >= 4 is 27.7 Å². The number of nitrogens with one attached hydrogen (secondary N) is 1. The smallest absolute Gasteiger partial charge is 0.249 e. The van der Waals surface area contributed by atoms with Gasteiger partial charge in [-0.05, 0) is 47.0 Å². The number of amides is 1. The lowest BCUT2D eigenvalue weighted by molar-refractivity contribution is -0.120. The summed E-state index contributed by atoms with van der Waals surface area (Å²) in [5, 5.41) is 2.75. The van der Waals surface area contributed by atoms with E-state index in [9.17, 15) is 4.79 Å². The molecule has 0 aliphatic rings. The molecule has 0 saturated carbocycles. The fourth-order valence-electron chi connectivity index (χ4n) is 1.77. The molecule has 1 unspecified atom stereocenters. The van der Waals surface area contributed by atoms with Crippen molar-refractivity contribution in [2.24, 2.45) is 5.73 Å². The van der Waals surface area contributed by atoms with Crippen LogP contribution in [-0.2, 0) is 10.3 Å². The summed E-state index contributed by atoms with van der Waals surface area (Å²) in [5.41, 5.74) is 6.79. The van der Waals surface area contributed by atoms with Crippen molar-refractivity contribution in [1.29, 1.82) is 0 Å². The number of halogens is 1. The first-order chi connectivity index (χ1) is 9.41. The second-order valence-corrected chi connectivity index (χ2v) is 5.70. The lowest BCUT2D eigenvalue weighted by Crippen LogP contribution is -2.45. The maximum Gasteiger partial charge on any atom is 0.249 e. The highest BCUT2D eigenvalue weighted by atomic mass is 79.9. The zero-order valence-corrected chi connectivity index (χ0v) is 12.9. The SMILES string of the molecule is Cc1cc(NC(=O)C(C)(N)c2ccccc2)ncc1Br. The molecule has 1 amide bonds. The second-order valence-electron chi connectivity index (χ2n) is 4.84. The van der Waals surface area contributed by atoms with Gasteiger partial charge >= 0.3 is 0 Å². The molecule has 0 aliphatic heterocycles. The van der Waals surface area contributed by atoms with Crippen LogP contribution < -0.4 is 11.1 Å². The van der Waals surface area contributed by atoms with Crippen LogP contribution in [0.1, 0.15) is 18.1 Å². The molecule has 1 aromatic carbocycles. The average molecular weight is 334 g/mol. The van der Waals surface area contributed by atoms with E-state index < -0.39 is 5.54 Å². The molecular formula is C15H16BrN3O. The minimum atomic E-state index is -1.11. The summed E-state index contributed by atoms with van der Waals surface area (Å²) in [6.45, 7) is 3.61. The molecule has 0 bridgehead atoms. The summed E-state index contributed by atoms with van der Waals surface area (Å²) in [5.74, 6) is 0.196. The molecule has 0 saturated heterocycles. The van der Waals surface area contributed by atoms with Gasteiger partial charge in [-0.25, -0.2) is 4.98 Å². The highest BCUT2D eigenvalue weighted by Gasteiger charge is 2.30. The maximum absolute atomic E-state index is 12.3. The first kappa shape index (κ1) is 14.7. The summed E-state index contributed by atoms with van der Waals surface area (Å²) in [7, 11) is 0. The molecule has 2 rings (SSSR count). The third-order valence-corrected chi connectivity index (χ3v) is 3.96. The Hall–Kier alpha value is -1.72. The minimum Gasteiger partial charge on any atom is -0.314 e. The number of benzene rings is 1. The fourth-order valence-corrected chi connectivity index (χ4v) is 1.99. The normalized spacial score (nSPS) is 13.6. The fraction of sp³-hybridized carbons (Fsp3) is 0.200. The molecule has 1 heterocycles. The largest absolute Gasteiger partial charge is 0.314 e. The van der Waals surface area contributed by atoms with Gasteiger partial charge in [-0.2, -0.15) is 0 Å². The van der Waals surface area contributed by atoms with Crippen LogP contribution in [0.5, 0.6) is 0 Å². The lowest BCUT2D eigenvalue weighted by atomic mass is 9.92. The van der Waals surface area contributed by atoms with Gasteiger partial charge in [0, 0.05) is 10.7 Å². The van der Waals surface area contributed by atoms with Crippen molar-refractivity contribution in [3.63, 3.8) is 0 Å². The van der Waals surface area contributed by atoms with Crippen LogP contribution in [0.3, 0.4) is 0 Å². The predicted molar refractivity (Wildman–Crippen MR) is 83.3 cm³/mol. The summed E-state index contributed by atoms with van der Waals surface area (Å²) >= 11 is 3.37. The lowest BCUT2D eigenvalue weighted by Gasteiger charge is -2.23. The van der Waals surface area contributed by atoms with Gasteiger partial charge in [0.15, 0.2) is 0 Å². The van der Waals surface area contributed by atoms with E-state index in [1.165, 1.54) is 0 Å². The Morgan fingerprint density at radius 2 is 2.00 bits per heavy atom. The molecule has 0 aliphatic carbocycles. The van der Waals surface area contributed by atoms with E-state index in [-0.39, 0.29) is 5.91 Å². The van der Waals surface area contributed by atoms with E-state index in [0.717, 1.165) is 15.6 Å². The molecule has 0 fully saturated rings. The Labute approximate surface area is 126 Å². The molecule has 104 valence electrons. The number of rotatable bonds is 3. The van der Waals surface area contributed by atoms with E-state index in [1.807, 2.05) is 37.3 Å². The molecule has 2 aromatic rings. The Kier molecular flexibility index (Phi) is 4.20. The van der Waals surface area contributed by atoms with Crippen LogP contribution in [0.25, 0.3) is 0 Å².